The van der Waals surface area contributed by atoms with Crippen LogP contribution in [0.2, 0.25) is 0 Å². The molecular weight excluding hydrogens is 366 g/mol. The molecule has 1 aliphatic heterocycles. The third-order valence-corrected chi connectivity index (χ3v) is 4.71. The Bertz CT molecular complexity index is 797. The molecule has 3 rings (SSSR count). The molecule has 2 aromatic rings. The number of hydrogen-bond donors (Lipinski definition) is 1. The molecule has 0 aliphatic carbocycles. The number of nitrogens with zero attached hydrogens (tertiary/aromatic N) is 1. The third-order valence-electron chi connectivity index (χ3n) is 4.71. The summed E-state index contributed by atoms with van der Waals surface area (Å²) in [6.07, 6.45) is 0.968. The van der Waals surface area contributed by atoms with Crippen LogP contribution < -0.4 is 10.1 Å². The molecule has 148 valence electrons. The molecule has 1 aliphatic rings. The number of hydrogen-bond acceptors (Lipinski definition) is 3. The van der Waals surface area contributed by atoms with E-state index in [0.717, 1.165) is 17.5 Å². The number of alkyl halides is 2. The van der Waals surface area contributed by atoms with Gasteiger partial charge < -0.3 is 15.0 Å². The van der Waals surface area contributed by atoms with Crippen LogP contribution >= 0.6 is 0 Å². The smallest absolute Gasteiger partial charge is 0.387 e. The molecule has 0 bridgehead atoms. The number of benzene rings is 2. The normalized spacial score (nSPS) is 16.5. The van der Waals surface area contributed by atoms with Crippen LogP contribution in [0, 0.1) is 5.92 Å². The Morgan fingerprint density at radius 2 is 1.82 bits per heavy atom. The molecule has 1 unspecified atom stereocenters. The molecule has 1 saturated heterocycles. The Hall–Kier alpha value is -2.96. The molecule has 0 spiro atoms. The summed E-state index contributed by atoms with van der Waals surface area (Å²) in [5.74, 6) is -0.488. The highest BCUT2D eigenvalue weighted by atomic mass is 19.3. The number of carbonyl (C=O) groups is 2. The standard InChI is InChI=1S/C21H22F2N2O3/c22-21(23)28-18-8-6-16(7-9-18)13-24-20(27)17-12-19(26)25(14-17)11-10-15-4-2-1-3-5-15/h1-9,17,21H,10-14H2,(H,24,27). The Kier molecular flexibility index (Phi) is 6.57. The van der Waals surface area contributed by atoms with Gasteiger partial charge in [0.2, 0.25) is 11.8 Å². The van der Waals surface area contributed by atoms with Crippen molar-refractivity contribution in [2.75, 3.05) is 13.1 Å². The molecule has 28 heavy (non-hydrogen) atoms. The zero-order valence-corrected chi connectivity index (χ0v) is 15.3. The van der Waals surface area contributed by atoms with Crippen LogP contribution in [-0.2, 0) is 22.6 Å². The van der Waals surface area contributed by atoms with Gasteiger partial charge in [-0.3, -0.25) is 9.59 Å². The summed E-state index contributed by atoms with van der Waals surface area (Å²) >= 11 is 0. The number of likely N-dealkylation sites (tertiary alicyclic amines) is 1. The Morgan fingerprint density at radius 1 is 1.11 bits per heavy atom. The number of amides is 2. The van der Waals surface area contributed by atoms with Gasteiger partial charge in [0.15, 0.2) is 0 Å². The van der Waals surface area contributed by atoms with Crippen molar-refractivity contribution < 1.29 is 23.1 Å². The molecule has 0 aromatic heterocycles. The molecule has 0 saturated carbocycles. The van der Waals surface area contributed by atoms with E-state index in [1.54, 1.807) is 17.0 Å². The van der Waals surface area contributed by atoms with Gasteiger partial charge in [-0.25, -0.2) is 0 Å². The van der Waals surface area contributed by atoms with Crippen LogP contribution in [0.3, 0.4) is 0 Å². The highest BCUT2D eigenvalue weighted by Gasteiger charge is 2.33. The highest BCUT2D eigenvalue weighted by molar-refractivity contribution is 5.89. The summed E-state index contributed by atoms with van der Waals surface area (Å²) in [5.41, 5.74) is 1.92. The maximum Gasteiger partial charge on any atom is 0.387 e. The van der Waals surface area contributed by atoms with Gasteiger partial charge in [0.05, 0.1) is 5.92 Å². The van der Waals surface area contributed by atoms with Gasteiger partial charge in [0.25, 0.3) is 0 Å². The van der Waals surface area contributed by atoms with E-state index in [-0.39, 0.29) is 36.4 Å². The minimum atomic E-state index is -2.87. The molecule has 1 fully saturated rings. The lowest BCUT2D eigenvalue weighted by Gasteiger charge is -2.16. The quantitative estimate of drug-likeness (QED) is 0.756. The molecule has 7 heteroatoms. The SMILES string of the molecule is O=C(NCc1ccc(OC(F)F)cc1)C1CC(=O)N(CCc2ccccc2)C1. The lowest BCUT2D eigenvalue weighted by atomic mass is 10.1. The number of nitrogens with one attached hydrogen (secondary N) is 1. The van der Waals surface area contributed by atoms with E-state index in [1.807, 2.05) is 30.3 Å². The maximum atomic E-state index is 12.4. The van der Waals surface area contributed by atoms with Crippen LogP contribution in [0.4, 0.5) is 8.78 Å². The number of ether oxygens (including phenoxy) is 1. The number of rotatable bonds is 8. The van der Waals surface area contributed by atoms with Crippen LogP contribution in [0.5, 0.6) is 5.75 Å². The second kappa shape index (κ2) is 9.30. The predicted octanol–water partition coefficient (Wildman–Crippen LogP) is 3.00. The van der Waals surface area contributed by atoms with Crippen molar-refractivity contribution in [3.63, 3.8) is 0 Å². The Morgan fingerprint density at radius 3 is 2.50 bits per heavy atom. The van der Waals surface area contributed by atoms with Crippen molar-refractivity contribution in [2.24, 2.45) is 5.92 Å². The van der Waals surface area contributed by atoms with Gasteiger partial charge in [0, 0.05) is 26.1 Å². The summed E-state index contributed by atoms with van der Waals surface area (Å²) in [7, 11) is 0. The van der Waals surface area contributed by atoms with Crippen molar-refractivity contribution >= 4 is 11.8 Å². The maximum absolute atomic E-state index is 12.4. The van der Waals surface area contributed by atoms with Gasteiger partial charge >= 0.3 is 6.61 Å². The Balaban J connectivity index is 1.45. The molecule has 1 atom stereocenters. The first-order chi connectivity index (χ1) is 13.5. The number of halogens is 2. The fourth-order valence-electron chi connectivity index (χ4n) is 3.19. The van der Waals surface area contributed by atoms with Crippen molar-refractivity contribution in [1.82, 2.24) is 10.2 Å². The third kappa shape index (κ3) is 5.52. The molecule has 2 amide bonds. The van der Waals surface area contributed by atoms with E-state index in [1.165, 1.54) is 12.1 Å². The summed E-state index contributed by atoms with van der Waals surface area (Å²) in [5, 5.41) is 2.81. The largest absolute Gasteiger partial charge is 0.435 e. The first-order valence-electron chi connectivity index (χ1n) is 9.14. The predicted molar refractivity (Wildman–Crippen MR) is 99.8 cm³/mol. The van der Waals surface area contributed by atoms with E-state index in [0.29, 0.717) is 13.1 Å². The lowest BCUT2D eigenvalue weighted by Crippen LogP contribution is -2.33. The highest BCUT2D eigenvalue weighted by Crippen LogP contribution is 2.19. The average Bonchev–Trinajstić information content (AvgIpc) is 3.07. The summed E-state index contributed by atoms with van der Waals surface area (Å²) < 4.78 is 28.6. The van der Waals surface area contributed by atoms with Gasteiger partial charge in [-0.1, -0.05) is 42.5 Å². The minimum Gasteiger partial charge on any atom is -0.435 e. The van der Waals surface area contributed by atoms with Gasteiger partial charge in [-0.05, 0) is 29.7 Å². The summed E-state index contributed by atoms with van der Waals surface area (Å²) in [6, 6.07) is 16.0. The van der Waals surface area contributed by atoms with Gasteiger partial charge in [-0.15, -0.1) is 0 Å². The van der Waals surface area contributed by atoms with E-state index in [9.17, 15) is 18.4 Å². The molecule has 1 N–H and O–H groups in total. The number of carbonyl (C=O) groups excluding carboxylic acids is 2. The molecule has 5 nitrogen and oxygen atoms in total. The molecule has 2 aromatic carbocycles. The molecule has 1 heterocycles. The average molecular weight is 388 g/mol. The van der Waals surface area contributed by atoms with Crippen LogP contribution in [0.1, 0.15) is 17.5 Å². The van der Waals surface area contributed by atoms with Crippen LogP contribution in [-0.4, -0.2) is 36.4 Å². The van der Waals surface area contributed by atoms with Crippen LogP contribution in [0.25, 0.3) is 0 Å². The first-order valence-corrected chi connectivity index (χ1v) is 9.14. The minimum absolute atomic E-state index is 0.00965. The second-order valence-electron chi connectivity index (χ2n) is 6.72. The molecule has 0 radical (unpaired) electrons. The van der Waals surface area contributed by atoms with E-state index >= 15 is 0 Å². The van der Waals surface area contributed by atoms with Gasteiger partial charge in [0.1, 0.15) is 5.75 Å². The van der Waals surface area contributed by atoms with E-state index < -0.39 is 6.61 Å². The van der Waals surface area contributed by atoms with Crippen molar-refractivity contribution in [1.29, 1.82) is 0 Å². The molecular formula is C21H22F2N2O3. The Labute approximate surface area is 162 Å². The second-order valence-corrected chi connectivity index (χ2v) is 6.72. The van der Waals surface area contributed by atoms with Crippen molar-refractivity contribution in [3.8, 4) is 5.75 Å². The first kappa shape index (κ1) is 19.8. The topological polar surface area (TPSA) is 58.6 Å². The van der Waals surface area contributed by atoms with E-state index in [4.69, 9.17) is 0 Å². The fraction of sp³-hybridized carbons (Fsp3) is 0.333. The lowest BCUT2D eigenvalue weighted by molar-refractivity contribution is -0.129. The summed E-state index contributed by atoms with van der Waals surface area (Å²) in [6.45, 7) is -1.59. The summed E-state index contributed by atoms with van der Waals surface area (Å²) in [4.78, 5) is 26.3. The fourth-order valence-corrected chi connectivity index (χ4v) is 3.19. The van der Waals surface area contributed by atoms with E-state index in [2.05, 4.69) is 10.1 Å². The van der Waals surface area contributed by atoms with Crippen LogP contribution in [0.15, 0.2) is 54.6 Å². The van der Waals surface area contributed by atoms with Crippen molar-refractivity contribution in [3.05, 3.63) is 65.7 Å². The van der Waals surface area contributed by atoms with Gasteiger partial charge in [-0.2, -0.15) is 8.78 Å². The monoisotopic (exact) mass is 388 g/mol. The van der Waals surface area contributed by atoms with Crippen molar-refractivity contribution in [2.45, 2.75) is 26.0 Å². The zero-order chi connectivity index (χ0) is 19.9. The zero-order valence-electron chi connectivity index (χ0n) is 15.3.